The van der Waals surface area contributed by atoms with Crippen molar-refractivity contribution in [2.24, 2.45) is 0 Å². The summed E-state index contributed by atoms with van der Waals surface area (Å²) >= 11 is 6.02. The second-order valence-corrected chi connectivity index (χ2v) is 7.34. The van der Waals surface area contributed by atoms with Gasteiger partial charge < -0.3 is 10.2 Å². The smallest absolute Gasteiger partial charge is 0.253 e. The van der Waals surface area contributed by atoms with Crippen molar-refractivity contribution in [3.05, 3.63) is 70.9 Å². The summed E-state index contributed by atoms with van der Waals surface area (Å²) in [6.07, 6.45) is 5.37. The first-order valence-electron chi connectivity index (χ1n) is 9.38. The fourth-order valence-corrected chi connectivity index (χ4v) is 3.85. The van der Waals surface area contributed by atoms with E-state index in [1.54, 1.807) is 6.20 Å². The minimum absolute atomic E-state index is 0.121. The first-order chi connectivity index (χ1) is 13.2. The lowest BCUT2D eigenvalue weighted by atomic mass is 10.0. The Bertz CT molecular complexity index is 967. The minimum atomic E-state index is -0.121. The van der Waals surface area contributed by atoms with E-state index in [2.05, 4.69) is 21.3 Å². The standard InChI is InChI=1S/C22H22ClN3O/c23-17-8-6-7-16(13-17)14-25-22(27)20-15-24-21(26-11-4-1-5-12-26)19-10-3-2-9-18(19)20/h2-3,6-10,13,15H,1,4-5,11-12,14H2,(H,25,27). The highest BCUT2D eigenvalue weighted by Gasteiger charge is 2.18. The zero-order chi connectivity index (χ0) is 18.6. The molecule has 0 aliphatic carbocycles. The molecule has 27 heavy (non-hydrogen) atoms. The van der Waals surface area contributed by atoms with Crippen LogP contribution in [0.3, 0.4) is 0 Å². The van der Waals surface area contributed by atoms with Gasteiger partial charge in [0, 0.05) is 36.2 Å². The number of benzene rings is 2. The van der Waals surface area contributed by atoms with Crippen LogP contribution in [0.5, 0.6) is 0 Å². The predicted molar refractivity (Wildman–Crippen MR) is 110 cm³/mol. The first kappa shape index (κ1) is 17.8. The number of amides is 1. The summed E-state index contributed by atoms with van der Waals surface area (Å²) in [7, 11) is 0. The van der Waals surface area contributed by atoms with E-state index in [1.807, 2.05) is 42.5 Å². The Morgan fingerprint density at radius 2 is 1.81 bits per heavy atom. The molecule has 138 valence electrons. The first-order valence-corrected chi connectivity index (χ1v) is 9.75. The van der Waals surface area contributed by atoms with Gasteiger partial charge in [-0.05, 0) is 42.3 Å². The Labute approximate surface area is 164 Å². The van der Waals surface area contributed by atoms with Crippen LogP contribution in [0.15, 0.2) is 54.7 Å². The fourth-order valence-electron chi connectivity index (χ4n) is 3.64. The van der Waals surface area contributed by atoms with Gasteiger partial charge >= 0.3 is 0 Å². The number of fused-ring (bicyclic) bond motifs is 1. The van der Waals surface area contributed by atoms with Crippen molar-refractivity contribution < 1.29 is 4.79 Å². The van der Waals surface area contributed by atoms with Crippen molar-refractivity contribution in [1.82, 2.24) is 10.3 Å². The molecule has 1 fully saturated rings. The molecule has 1 aliphatic rings. The number of aromatic nitrogens is 1. The molecule has 0 spiro atoms. The van der Waals surface area contributed by atoms with Crippen LogP contribution in [0.2, 0.25) is 5.02 Å². The summed E-state index contributed by atoms with van der Waals surface area (Å²) in [5.41, 5.74) is 1.58. The van der Waals surface area contributed by atoms with Crippen LogP contribution < -0.4 is 10.2 Å². The number of halogens is 1. The highest BCUT2D eigenvalue weighted by Crippen LogP contribution is 2.29. The summed E-state index contributed by atoms with van der Waals surface area (Å²) in [5, 5.41) is 5.63. The molecule has 1 aliphatic heterocycles. The monoisotopic (exact) mass is 379 g/mol. The number of carbonyl (C=O) groups is 1. The molecular formula is C22H22ClN3O. The summed E-state index contributed by atoms with van der Waals surface area (Å²) in [6, 6.07) is 15.5. The molecule has 2 aromatic carbocycles. The van der Waals surface area contributed by atoms with Crippen molar-refractivity contribution in [1.29, 1.82) is 0 Å². The molecule has 0 saturated carbocycles. The maximum Gasteiger partial charge on any atom is 0.253 e. The van der Waals surface area contributed by atoms with E-state index in [0.29, 0.717) is 17.1 Å². The lowest BCUT2D eigenvalue weighted by Crippen LogP contribution is -2.30. The van der Waals surface area contributed by atoms with Crippen molar-refractivity contribution in [3.63, 3.8) is 0 Å². The average Bonchev–Trinajstić information content (AvgIpc) is 2.72. The Morgan fingerprint density at radius 1 is 1.04 bits per heavy atom. The highest BCUT2D eigenvalue weighted by atomic mass is 35.5. The second kappa shape index (κ2) is 7.97. The number of piperidine rings is 1. The molecule has 2 heterocycles. The number of nitrogens with zero attached hydrogens (tertiary/aromatic N) is 2. The largest absolute Gasteiger partial charge is 0.356 e. The fraction of sp³-hybridized carbons (Fsp3) is 0.273. The number of hydrogen-bond acceptors (Lipinski definition) is 3. The molecule has 3 aromatic rings. The van der Waals surface area contributed by atoms with Gasteiger partial charge in [0.2, 0.25) is 0 Å². The van der Waals surface area contributed by atoms with Crippen molar-refractivity contribution >= 4 is 34.1 Å². The molecular weight excluding hydrogens is 358 g/mol. The molecule has 4 nitrogen and oxygen atoms in total. The molecule has 0 unspecified atom stereocenters. The van der Waals surface area contributed by atoms with E-state index >= 15 is 0 Å². The third kappa shape index (κ3) is 3.91. The second-order valence-electron chi connectivity index (χ2n) is 6.90. The van der Waals surface area contributed by atoms with Crippen LogP contribution in [0.1, 0.15) is 35.2 Å². The minimum Gasteiger partial charge on any atom is -0.356 e. The number of hydrogen-bond donors (Lipinski definition) is 1. The third-order valence-corrected chi connectivity index (χ3v) is 5.25. The van der Waals surface area contributed by atoms with Gasteiger partial charge in [-0.2, -0.15) is 0 Å². The average molecular weight is 380 g/mol. The van der Waals surface area contributed by atoms with Gasteiger partial charge in [0.05, 0.1) is 5.56 Å². The Hall–Kier alpha value is -2.59. The molecule has 1 amide bonds. The SMILES string of the molecule is O=C(NCc1cccc(Cl)c1)c1cnc(N2CCCCC2)c2ccccc12. The Morgan fingerprint density at radius 3 is 2.59 bits per heavy atom. The number of pyridine rings is 1. The predicted octanol–water partition coefficient (Wildman–Crippen LogP) is 4.81. The van der Waals surface area contributed by atoms with Gasteiger partial charge in [0.1, 0.15) is 5.82 Å². The van der Waals surface area contributed by atoms with Crippen LogP contribution in [0.25, 0.3) is 10.8 Å². The molecule has 0 radical (unpaired) electrons. The van der Waals surface area contributed by atoms with E-state index in [-0.39, 0.29) is 5.91 Å². The maximum absolute atomic E-state index is 12.8. The van der Waals surface area contributed by atoms with Gasteiger partial charge in [0.15, 0.2) is 0 Å². The summed E-state index contributed by atoms with van der Waals surface area (Å²) in [5.74, 6) is 0.862. The number of nitrogens with one attached hydrogen (secondary N) is 1. The maximum atomic E-state index is 12.8. The molecule has 4 rings (SSSR count). The zero-order valence-corrected chi connectivity index (χ0v) is 15.9. The van der Waals surface area contributed by atoms with Crippen LogP contribution in [-0.2, 0) is 6.54 Å². The summed E-state index contributed by atoms with van der Waals surface area (Å²) < 4.78 is 0. The molecule has 0 atom stereocenters. The lowest BCUT2D eigenvalue weighted by molar-refractivity contribution is 0.0952. The molecule has 1 aromatic heterocycles. The van der Waals surface area contributed by atoms with E-state index in [4.69, 9.17) is 11.6 Å². The Balaban J connectivity index is 1.61. The quantitative estimate of drug-likeness (QED) is 0.707. The number of anilines is 1. The van der Waals surface area contributed by atoms with E-state index in [9.17, 15) is 4.79 Å². The highest BCUT2D eigenvalue weighted by molar-refractivity contribution is 6.30. The molecule has 0 bridgehead atoms. The van der Waals surface area contributed by atoms with E-state index < -0.39 is 0 Å². The van der Waals surface area contributed by atoms with Crippen LogP contribution in [-0.4, -0.2) is 24.0 Å². The van der Waals surface area contributed by atoms with Gasteiger partial charge in [0.25, 0.3) is 5.91 Å². The van der Waals surface area contributed by atoms with Gasteiger partial charge in [-0.3, -0.25) is 4.79 Å². The van der Waals surface area contributed by atoms with Crippen molar-refractivity contribution in [3.8, 4) is 0 Å². The van der Waals surface area contributed by atoms with E-state index in [0.717, 1.165) is 35.2 Å². The Kier molecular flexibility index (Phi) is 5.26. The van der Waals surface area contributed by atoms with Gasteiger partial charge in [-0.15, -0.1) is 0 Å². The number of carbonyl (C=O) groups excluding carboxylic acids is 1. The summed E-state index contributed by atoms with van der Waals surface area (Å²) in [4.78, 5) is 19.8. The third-order valence-electron chi connectivity index (χ3n) is 5.02. The van der Waals surface area contributed by atoms with Gasteiger partial charge in [-0.1, -0.05) is 48.0 Å². The van der Waals surface area contributed by atoms with Crippen LogP contribution in [0, 0.1) is 0 Å². The molecule has 5 heteroatoms. The number of rotatable bonds is 4. The molecule has 1 N–H and O–H groups in total. The zero-order valence-electron chi connectivity index (χ0n) is 15.1. The normalized spacial score (nSPS) is 14.3. The van der Waals surface area contributed by atoms with E-state index in [1.165, 1.54) is 19.3 Å². The van der Waals surface area contributed by atoms with Crippen molar-refractivity contribution in [2.45, 2.75) is 25.8 Å². The lowest BCUT2D eigenvalue weighted by Gasteiger charge is -2.29. The van der Waals surface area contributed by atoms with Gasteiger partial charge in [-0.25, -0.2) is 4.98 Å². The summed E-state index contributed by atoms with van der Waals surface area (Å²) in [6.45, 7) is 2.48. The van der Waals surface area contributed by atoms with Crippen LogP contribution >= 0.6 is 11.6 Å². The van der Waals surface area contributed by atoms with Crippen LogP contribution in [0.4, 0.5) is 5.82 Å². The molecule has 1 saturated heterocycles. The topological polar surface area (TPSA) is 45.2 Å². The van der Waals surface area contributed by atoms with Crippen molar-refractivity contribution in [2.75, 3.05) is 18.0 Å².